The molecular formula is C41H50N9O4P. The molecule has 0 aliphatic carbocycles. The summed E-state index contributed by atoms with van der Waals surface area (Å²) in [6, 6.07) is 33.3. The molecular weight excluding hydrogens is 713 g/mol. The number of nitrogens with zero attached hydrogens (tertiary/aromatic N) is 7. The van der Waals surface area contributed by atoms with Crippen molar-refractivity contribution in [2.45, 2.75) is 76.5 Å². The molecule has 3 heterocycles. The summed E-state index contributed by atoms with van der Waals surface area (Å²) in [5.74, 6) is 0.314. The number of imidazole rings is 1. The van der Waals surface area contributed by atoms with Gasteiger partial charge in [-0.1, -0.05) is 91.0 Å². The fourth-order valence-corrected chi connectivity index (χ4v) is 8.74. The van der Waals surface area contributed by atoms with Crippen LogP contribution in [-0.2, 0) is 19.3 Å². The Morgan fingerprint density at radius 1 is 0.927 bits per heavy atom. The van der Waals surface area contributed by atoms with Gasteiger partial charge < -0.3 is 18.7 Å². The van der Waals surface area contributed by atoms with Crippen LogP contribution < -0.4 is 10.6 Å². The fourth-order valence-electron chi connectivity index (χ4n) is 7.12. The number of rotatable bonds is 16. The Balaban J connectivity index is 1.42. The summed E-state index contributed by atoms with van der Waals surface area (Å²) >= 11 is 0. The van der Waals surface area contributed by atoms with Crippen molar-refractivity contribution in [2.75, 3.05) is 32.6 Å². The van der Waals surface area contributed by atoms with Crippen molar-refractivity contribution in [3.05, 3.63) is 120 Å². The van der Waals surface area contributed by atoms with Gasteiger partial charge in [0.15, 0.2) is 17.0 Å². The topological polar surface area (TPSA) is 143 Å². The lowest BCUT2D eigenvalue weighted by molar-refractivity contribution is -0.0242. The fraction of sp³-hybridized carbons (Fsp3) is 0.390. The van der Waals surface area contributed by atoms with Crippen LogP contribution in [0.3, 0.4) is 0 Å². The number of aromatic nitrogens is 4. The highest BCUT2D eigenvalue weighted by atomic mass is 31.2. The molecule has 0 spiro atoms. The summed E-state index contributed by atoms with van der Waals surface area (Å²) in [5.41, 5.74) is 3.43. The van der Waals surface area contributed by atoms with Gasteiger partial charge in [-0.15, -0.1) is 0 Å². The molecule has 288 valence electrons. The molecule has 1 saturated heterocycles. The van der Waals surface area contributed by atoms with Crippen molar-refractivity contribution in [3.63, 3.8) is 0 Å². The number of fused-ring (bicyclic) bond motifs is 1. The standard InChI is InChI=1S/C41H50N9O4P/c1-29(2)50(30(3)4)55(52-24-16-23-42)53-26-35-34(25-36(54-35)49-28-45-37-38(43-27-44-39(37)49)46-40(51)48(5)6)47-41(31-17-10-7-11-18-31,32-19-12-8-13-20-32)33-21-14-9-15-22-33/h7-15,17-22,27-30,34-36,47H,16,24-26H2,1-6H3,(H,43,44,46,51)/t34-,35+,36+,55?/m0/s1. The second kappa shape index (κ2) is 18.2. The van der Waals surface area contributed by atoms with Crippen LogP contribution in [0.25, 0.3) is 11.2 Å². The molecule has 4 atom stereocenters. The molecule has 14 heteroatoms. The van der Waals surface area contributed by atoms with Crippen molar-refractivity contribution < 1.29 is 18.6 Å². The molecule has 1 aliphatic heterocycles. The summed E-state index contributed by atoms with van der Waals surface area (Å²) < 4.78 is 24.1. The van der Waals surface area contributed by atoms with Crippen molar-refractivity contribution in [1.29, 1.82) is 5.26 Å². The van der Waals surface area contributed by atoms with Crippen LogP contribution in [0.15, 0.2) is 104 Å². The highest BCUT2D eigenvalue weighted by Gasteiger charge is 2.45. The first-order valence-electron chi connectivity index (χ1n) is 18.6. The first-order valence-corrected chi connectivity index (χ1v) is 19.7. The molecule has 13 nitrogen and oxygen atoms in total. The zero-order valence-electron chi connectivity index (χ0n) is 32.2. The summed E-state index contributed by atoms with van der Waals surface area (Å²) in [4.78, 5) is 27.6. The van der Waals surface area contributed by atoms with E-state index in [0.29, 0.717) is 23.4 Å². The minimum atomic E-state index is -1.53. The van der Waals surface area contributed by atoms with Crippen LogP contribution in [-0.4, -0.2) is 86.7 Å². The molecule has 1 fully saturated rings. The van der Waals surface area contributed by atoms with Gasteiger partial charge in [0.05, 0.1) is 43.7 Å². The zero-order chi connectivity index (χ0) is 39.0. The first kappa shape index (κ1) is 39.9. The normalized spacial score (nSPS) is 17.9. The number of anilines is 1. The Hall–Kier alpha value is -4.80. The third kappa shape index (κ3) is 8.86. The molecule has 1 unspecified atom stereocenters. The molecule has 2 amide bonds. The predicted molar refractivity (Wildman–Crippen MR) is 214 cm³/mol. The number of hydrogen-bond acceptors (Lipinski definition) is 10. The van der Waals surface area contributed by atoms with E-state index in [0.717, 1.165) is 16.7 Å². The Morgan fingerprint density at radius 3 is 2.04 bits per heavy atom. The van der Waals surface area contributed by atoms with Gasteiger partial charge in [0.1, 0.15) is 12.6 Å². The molecule has 55 heavy (non-hydrogen) atoms. The largest absolute Gasteiger partial charge is 0.351 e. The monoisotopic (exact) mass is 763 g/mol. The smallest absolute Gasteiger partial charge is 0.322 e. The van der Waals surface area contributed by atoms with Gasteiger partial charge in [-0.05, 0) is 44.4 Å². The van der Waals surface area contributed by atoms with Gasteiger partial charge in [0, 0.05) is 38.6 Å². The van der Waals surface area contributed by atoms with Crippen LogP contribution in [0.2, 0.25) is 0 Å². The summed E-state index contributed by atoms with van der Waals surface area (Å²) in [6.07, 6.45) is 2.94. The third-order valence-electron chi connectivity index (χ3n) is 9.57. The Labute approximate surface area is 324 Å². The molecule has 2 N–H and O–H groups in total. The maximum absolute atomic E-state index is 12.6. The van der Waals surface area contributed by atoms with E-state index in [1.165, 1.54) is 11.2 Å². The average molecular weight is 764 g/mol. The lowest BCUT2D eigenvalue weighted by Crippen LogP contribution is -2.53. The Bertz CT molecular complexity index is 1920. The van der Waals surface area contributed by atoms with E-state index in [4.69, 9.17) is 13.8 Å². The third-order valence-corrected chi connectivity index (χ3v) is 11.6. The van der Waals surface area contributed by atoms with E-state index < -0.39 is 26.4 Å². The molecule has 0 bridgehead atoms. The molecule has 2 aromatic heterocycles. The van der Waals surface area contributed by atoms with E-state index in [9.17, 15) is 10.1 Å². The quantitative estimate of drug-likeness (QED) is 0.0591. The molecule has 0 radical (unpaired) electrons. The SMILES string of the molecule is CC(C)N(C(C)C)P(OCCC#N)OC[C@H]1O[C@@H](n2cnc3c(NC(=O)N(C)C)ncnc32)C[C@@H]1NC(c1ccccc1)(c1ccccc1)c1ccccc1. The van der Waals surface area contributed by atoms with Crippen LogP contribution in [0.4, 0.5) is 10.6 Å². The second-order valence-electron chi connectivity index (χ2n) is 14.2. The van der Waals surface area contributed by atoms with Crippen LogP contribution in [0.5, 0.6) is 0 Å². The number of hydrogen-bond donors (Lipinski definition) is 2. The maximum atomic E-state index is 12.6. The average Bonchev–Trinajstić information content (AvgIpc) is 3.81. The van der Waals surface area contributed by atoms with Gasteiger partial charge in [0.25, 0.3) is 8.53 Å². The van der Waals surface area contributed by atoms with Crippen LogP contribution in [0.1, 0.15) is 63.5 Å². The maximum Gasteiger partial charge on any atom is 0.322 e. The lowest BCUT2D eigenvalue weighted by Gasteiger charge is -2.40. The van der Waals surface area contributed by atoms with Gasteiger partial charge in [-0.25, -0.2) is 24.4 Å². The number of carbonyl (C=O) groups excluding carboxylic acids is 1. The molecule has 6 rings (SSSR count). The van der Waals surface area contributed by atoms with E-state index >= 15 is 0 Å². The summed E-state index contributed by atoms with van der Waals surface area (Å²) in [5, 5.41) is 16.3. The zero-order valence-corrected chi connectivity index (χ0v) is 33.1. The molecule has 0 saturated carbocycles. The summed E-state index contributed by atoms with van der Waals surface area (Å²) in [6.45, 7) is 8.95. The number of nitrogens with one attached hydrogen (secondary N) is 2. The summed E-state index contributed by atoms with van der Waals surface area (Å²) in [7, 11) is 1.80. The molecule has 5 aromatic rings. The molecule has 3 aromatic carbocycles. The van der Waals surface area contributed by atoms with E-state index in [1.807, 2.05) is 22.8 Å². The van der Waals surface area contributed by atoms with E-state index in [2.05, 4.69) is 137 Å². The van der Waals surface area contributed by atoms with Crippen LogP contribution >= 0.6 is 8.53 Å². The second-order valence-corrected chi connectivity index (χ2v) is 15.6. The number of benzene rings is 3. The van der Waals surface area contributed by atoms with E-state index in [-0.39, 0.29) is 43.8 Å². The minimum Gasteiger partial charge on any atom is -0.351 e. The number of urea groups is 1. The van der Waals surface area contributed by atoms with Crippen molar-refractivity contribution >= 4 is 31.5 Å². The van der Waals surface area contributed by atoms with Crippen molar-refractivity contribution in [2.24, 2.45) is 0 Å². The predicted octanol–water partition coefficient (Wildman–Crippen LogP) is 7.45. The molecule has 1 aliphatic rings. The van der Waals surface area contributed by atoms with E-state index in [1.54, 1.807) is 20.4 Å². The highest BCUT2D eigenvalue weighted by molar-refractivity contribution is 7.44. The highest BCUT2D eigenvalue weighted by Crippen LogP contribution is 2.47. The van der Waals surface area contributed by atoms with Crippen LogP contribution in [0, 0.1) is 11.3 Å². The van der Waals surface area contributed by atoms with Crippen molar-refractivity contribution in [1.82, 2.24) is 34.4 Å². The number of carbonyl (C=O) groups is 1. The lowest BCUT2D eigenvalue weighted by atomic mass is 9.76. The first-order chi connectivity index (χ1) is 26.6. The van der Waals surface area contributed by atoms with Gasteiger partial charge in [-0.3, -0.25) is 15.2 Å². The van der Waals surface area contributed by atoms with Crippen molar-refractivity contribution in [3.8, 4) is 6.07 Å². The number of nitriles is 1. The minimum absolute atomic E-state index is 0.139. The number of amides is 2. The Morgan fingerprint density at radius 2 is 1.51 bits per heavy atom. The van der Waals surface area contributed by atoms with Gasteiger partial charge in [-0.2, -0.15) is 5.26 Å². The van der Waals surface area contributed by atoms with Gasteiger partial charge in [0.2, 0.25) is 0 Å². The number of ether oxygens (including phenoxy) is 1. The van der Waals surface area contributed by atoms with Gasteiger partial charge >= 0.3 is 6.03 Å². The Kier molecular flexibility index (Phi) is 13.2.